The molecule has 0 atom stereocenters. The van der Waals surface area contributed by atoms with Gasteiger partial charge in [-0.2, -0.15) is 0 Å². The summed E-state index contributed by atoms with van der Waals surface area (Å²) in [6.45, 7) is 0. The van der Waals surface area contributed by atoms with Gasteiger partial charge in [-0.1, -0.05) is 30.3 Å². The highest BCUT2D eigenvalue weighted by Crippen LogP contribution is 2.15. The molecule has 1 aromatic carbocycles. The maximum atomic E-state index is 4.37. The molecule has 0 amide bonds. The molecule has 0 aliphatic carbocycles. The van der Waals surface area contributed by atoms with E-state index in [-0.39, 0.29) is 0 Å². The first kappa shape index (κ1) is 8.62. The summed E-state index contributed by atoms with van der Waals surface area (Å²) in [6, 6.07) is 10.0. The molecule has 0 fully saturated rings. The average molecular weight is 282 g/mol. The van der Waals surface area contributed by atoms with E-state index in [1.807, 2.05) is 30.3 Å². The predicted octanol–water partition coefficient (Wildman–Crippen LogP) is 2.75. The minimum absolute atomic E-state index is 0.916. The Bertz CT molecular complexity index is 401. The van der Waals surface area contributed by atoms with Crippen LogP contribution in [0.2, 0.25) is 0 Å². The standard InChI is InChI=1S/C10H7IN2/c11-10-7-12-6-9(13-10)8-4-2-1-3-5-8/h1-7H. The zero-order valence-electron chi connectivity index (χ0n) is 6.81. The monoisotopic (exact) mass is 282 g/mol. The number of rotatable bonds is 1. The molecule has 2 aromatic rings. The lowest BCUT2D eigenvalue weighted by Gasteiger charge is -1.98. The summed E-state index contributed by atoms with van der Waals surface area (Å²) in [5.74, 6) is 0. The molecule has 3 heteroatoms. The highest BCUT2D eigenvalue weighted by molar-refractivity contribution is 14.1. The average Bonchev–Trinajstić information content (AvgIpc) is 2.19. The van der Waals surface area contributed by atoms with E-state index in [9.17, 15) is 0 Å². The minimum Gasteiger partial charge on any atom is -0.260 e. The third-order valence-corrected chi connectivity index (χ3v) is 2.19. The Morgan fingerprint density at radius 2 is 1.77 bits per heavy atom. The quantitative estimate of drug-likeness (QED) is 0.752. The van der Waals surface area contributed by atoms with Crippen molar-refractivity contribution in [3.63, 3.8) is 0 Å². The fourth-order valence-electron chi connectivity index (χ4n) is 1.09. The Morgan fingerprint density at radius 3 is 2.46 bits per heavy atom. The van der Waals surface area contributed by atoms with Crippen molar-refractivity contribution in [2.24, 2.45) is 0 Å². The molecule has 0 radical (unpaired) electrons. The topological polar surface area (TPSA) is 25.8 Å². The summed E-state index contributed by atoms with van der Waals surface area (Å²) in [4.78, 5) is 8.46. The lowest BCUT2D eigenvalue weighted by Crippen LogP contribution is -1.87. The van der Waals surface area contributed by atoms with Crippen LogP contribution in [-0.4, -0.2) is 9.97 Å². The molecule has 64 valence electrons. The van der Waals surface area contributed by atoms with Crippen LogP contribution in [0.15, 0.2) is 42.7 Å². The molecule has 0 saturated heterocycles. The van der Waals surface area contributed by atoms with E-state index in [1.54, 1.807) is 12.4 Å². The minimum atomic E-state index is 0.916. The Morgan fingerprint density at radius 1 is 1.00 bits per heavy atom. The van der Waals surface area contributed by atoms with Gasteiger partial charge in [0.05, 0.1) is 18.1 Å². The molecule has 1 heterocycles. The van der Waals surface area contributed by atoms with Gasteiger partial charge in [0.1, 0.15) is 3.70 Å². The summed E-state index contributed by atoms with van der Waals surface area (Å²) in [7, 11) is 0. The molecule has 1 aromatic heterocycles. The van der Waals surface area contributed by atoms with Crippen LogP contribution in [0.1, 0.15) is 0 Å². The molecule has 13 heavy (non-hydrogen) atoms. The van der Waals surface area contributed by atoms with Crippen molar-refractivity contribution in [1.82, 2.24) is 9.97 Å². The summed E-state index contributed by atoms with van der Waals surface area (Å²) < 4.78 is 0.916. The third kappa shape index (κ3) is 2.03. The summed E-state index contributed by atoms with van der Waals surface area (Å²) in [5.41, 5.74) is 2.03. The van der Waals surface area contributed by atoms with Crippen LogP contribution >= 0.6 is 22.6 Å². The normalized spacial score (nSPS) is 9.92. The van der Waals surface area contributed by atoms with Gasteiger partial charge >= 0.3 is 0 Å². The van der Waals surface area contributed by atoms with Gasteiger partial charge in [-0.15, -0.1) is 0 Å². The molecule has 0 unspecified atom stereocenters. The maximum Gasteiger partial charge on any atom is 0.120 e. The zero-order valence-corrected chi connectivity index (χ0v) is 8.97. The van der Waals surface area contributed by atoms with E-state index in [1.165, 1.54) is 0 Å². The molecular weight excluding hydrogens is 275 g/mol. The Kier molecular flexibility index (Phi) is 2.54. The number of benzene rings is 1. The van der Waals surface area contributed by atoms with Crippen LogP contribution in [0.5, 0.6) is 0 Å². The van der Waals surface area contributed by atoms with Crippen LogP contribution < -0.4 is 0 Å². The Balaban J connectivity index is 2.48. The van der Waals surface area contributed by atoms with Gasteiger partial charge < -0.3 is 0 Å². The molecule has 0 saturated carbocycles. The van der Waals surface area contributed by atoms with Crippen molar-refractivity contribution < 1.29 is 0 Å². The SMILES string of the molecule is Ic1cncc(-c2ccccc2)n1. The van der Waals surface area contributed by atoms with E-state index >= 15 is 0 Å². The number of aromatic nitrogens is 2. The first-order valence-electron chi connectivity index (χ1n) is 3.89. The van der Waals surface area contributed by atoms with Crippen LogP contribution in [0.4, 0.5) is 0 Å². The van der Waals surface area contributed by atoms with E-state index in [0.717, 1.165) is 15.0 Å². The van der Waals surface area contributed by atoms with Gasteiger partial charge in [-0.05, 0) is 22.6 Å². The number of hydrogen-bond donors (Lipinski definition) is 0. The zero-order chi connectivity index (χ0) is 9.10. The molecule has 2 rings (SSSR count). The van der Waals surface area contributed by atoms with Crippen LogP contribution in [-0.2, 0) is 0 Å². The van der Waals surface area contributed by atoms with Crippen molar-refractivity contribution in [2.45, 2.75) is 0 Å². The highest BCUT2D eigenvalue weighted by Gasteiger charge is 1.98. The Hall–Kier alpha value is -0.970. The Labute approximate surface area is 90.2 Å². The number of halogens is 1. The summed E-state index contributed by atoms with van der Waals surface area (Å²) >= 11 is 2.16. The second-order valence-electron chi connectivity index (χ2n) is 2.59. The molecule has 2 nitrogen and oxygen atoms in total. The van der Waals surface area contributed by atoms with Gasteiger partial charge in [0, 0.05) is 5.56 Å². The van der Waals surface area contributed by atoms with Crippen LogP contribution in [0.25, 0.3) is 11.3 Å². The largest absolute Gasteiger partial charge is 0.260 e. The van der Waals surface area contributed by atoms with E-state index in [0.29, 0.717) is 0 Å². The van der Waals surface area contributed by atoms with Crippen LogP contribution in [0, 0.1) is 3.70 Å². The summed E-state index contributed by atoms with van der Waals surface area (Å²) in [5, 5.41) is 0. The molecule has 0 N–H and O–H groups in total. The van der Waals surface area contributed by atoms with Crippen molar-refractivity contribution in [3.05, 3.63) is 46.4 Å². The molecule has 0 aliphatic heterocycles. The fourth-order valence-corrected chi connectivity index (χ4v) is 1.51. The van der Waals surface area contributed by atoms with Gasteiger partial charge in [0.2, 0.25) is 0 Å². The molecule has 0 aliphatic rings. The van der Waals surface area contributed by atoms with Gasteiger partial charge in [0.15, 0.2) is 0 Å². The molecular formula is C10H7IN2. The van der Waals surface area contributed by atoms with Crippen molar-refractivity contribution in [2.75, 3.05) is 0 Å². The lowest BCUT2D eigenvalue weighted by molar-refractivity contribution is 1.17. The van der Waals surface area contributed by atoms with Gasteiger partial charge in [-0.3, -0.25) is 4.98 Å². The lowest BCUT2D eigenvalue weighted by atomic mass is 10.2. The predicted molar refractivity (Wildman–Crippen MR) is 60.2 cm³/mol. The second kappa shape index (κ2) is 3.83. The first-order chi connectivity index (χ1) is 6.36. The van der Waals surface area contributed by atoms with Crippen molar-refractivity contribution >= 4 is 22.6 Å². The smallest absolute Gasteiger partial charge is 0.120 e. The molecule has 0 bridgehead atoms. The van der Waals surface area contributed by atoms with Gasteiger partial charge in [-0.25, -0.2) is 4.98 Å². The third-order valence-electron chi connectivity index (χ3n) is 1.67. The fraction of sp³-hybridized carbons (Fsp3) is 0. The maximum absolute atomic E-state index is 4.37. The second-order valence-corrected chi connectivity index (χ2v) is 3.70. The number of hydrogen-bond acceptors (Lipinski definition) is 2. The molecule has 0 spiro atoms. The number of nitrogens with zero attached hydrogens (tertiary/aromatic N) is 2. The summed E-state index contributed by atoms with van der Waals surface area (Å²) in [6.07, 6.45) is 3.52. The van der Waals surface area contributed by atoms with E-state index in [2.05, 4.69) is 32.6 Å². The van der Waals surface area contributed by atoms with E-state index in [4.69, 9.17) is 0 Å². The van der Waals surface area contributed by atoms with E-state index < -0.39 is 0 Å². The van der Waals surface area contributed by atoms with Gasteiger partial charge in [0.25, 0.3) is 0 Å². The highest BCUT2D eigenvalue weighted by atomic mass is 127. The van der Waals surface area contributed by atoms with Crippen LogP contribution in [0.3, 0.4) is 0 Å². The van der Waals surface area contributed by atoms with Crippen molar-refractivity contribution in [1.29, 1.82) is 0 Å². The first-order valence-corrected chi connectivity index (χ1v) is 4.97. The van der Waals surface area contributed by atoms with Crippen molar-refractivity contribution in [3.8, 4) is 11.3 Å².